The third-order valence-corrected chi connectivity index (χ3v) is 3.48. The number of hydrogen-bond donors (Lipinski definition) is 2. The van der Waals surface area contributed by atoms with E-state index in [4.69, 9.17) is 9.47 Å². The summed E-state index contributed by atoms with van der Waals surface area (Å²) in [5.74, 6) is 2.28. The van der Waals surface area contributed by atoms with Gasteiger partial charge in [0.25, 0.3) is 0 Å². The first-order valence-corrected chi connectivity index (χ1v) is 6.87. The molecule has 0 fully saturated rings. The average molecular weight is 274 g/mol. The number of ether oxygens (including phenoxy) is 2. The van der Waals surface area contributed by atoms with Crippen LogP contribution in [0.2, 0.25) is 0 Å². The van der Waals surface area contributed by atoms with Crippen LogP contribution in [0.25, 0.3) is 10.8 Å². The number of anilines is 1. The fraction of sp³-hybridized carbons (Fsp3) is 0.400. The summed E-state index contributed by atoms with van der Waals surface area (Å²) in [4.78, 5) is 4.37. The van der Waals surface area contributed by atoms with Crippen LogP contribution >= 0.6 is 0 Å². The zero-order chi connectivity index (χ0) is 13.9. The van der Waals surface area contributed by atoms with Gasteiger partial charge in [-0.25, -0.2) is 4.98 Å². The number of hydrogen-bond acceptors (Lipinski definition) is 5. The largest absolute Gasteiger partial charge is 0.486 e. The van der Waals surface area contributed by atoms with Gasteiger partial charge in [-0.1, -0.05) is 6.92 Å². The summed E-state index contributed by atoms with van der Waals surface area (Å²) in [7, 11) is 0. The van der Waals surface area contributed by atoms with Crippen LogP contribution in [0.1, 0.15) is 13.3 Å². The Morgan fingerprint density at radius 1 is 1.30 bits per heavy atom. The molecule has 0 aliphatic carbocycles. The number of nitrogens with zero attached hydrogens (tertiary/aromatic N) is 1. The van der Waals surface area contributed by atoms with Gasteiger partial charge in [0.2, 0.25) is 0 Å². The third kappa shape index (κ3) is 2.36. The molecule has 106 valence electrons. The first-order chi connectivity index (χ1) is 9.81. The van der Waals surface area contributed by atoms with Gasteiger partial charge in [0, 0.05) is 11.6 Å². The number of aliphatic hydroxyl groups excluding tert-OH is 1. The number of fused-ring (bicyclic) bond motifs is 2. The quantitative estimate of drug-likeness (QED) is 0.894. The molecule has 1 aliphatic rings. The minimum Gasteiger partial charge on any atom is -0.486 e. The highest BCUT2D eigenvalue weighted by molar-refractivity contribution is 5.94. The standard InChI is InChI=1S/C15H18N2O3/c1-2-11(9-18)17-15-12-8-14-13(19-5-6-20-14)7-10(12)3-4-16-15/h3-4,7-8,11,18H,2,5-6,9H2,1H3,(H,16,17). The maximum atomic E-state index is 9.32. The highest BCUT2D eigenvalue weighted by atomic mass is 16.6. The van der Waals surface area contributed by atoms with Crippen molar-refractivity contribution in [2.24, 2.45) is 0 Å². The third-order valence-electron chi connectivity index (χ3n) is 3.48. The number of aliphatic hydroxyl groups is 1. The van der Waals surface area contributed by atoms with Crippen LogP contribution in [0.3, 0.4) is 0 Å². The van der Waals surface area contributed by atoms with E-state index in [1.54, 1.807) is 6.20 Å². The van der Waals surface area contributed by atoms with Crippen LogP contribution in [-0.4, -0.2) is 36.0 Å². The minimum absolute atomic E-state index is 0.00120. The van der Waals surface area contributed by atoms with Crippen molar-refractivity contribution in [1.29, 1.82) is 0 Å². The van der Waals surface area contributed by atoms with Crippen molar-refractivity contribution >= 4 is 16.6 Å². The fourth-order valence-corrected chi connectivity index (χ4v) is 2.29. The van der Waals surface area contributed by atoms with Gasteiger partial charge in [0.15, 0.2) is 11.5 Å². The summed E-state index contributed by atoms with van der Waals surface area (Å²) >= 11 is 0. The Bertz CT molecular complexity index is 611. The molecule has 0 amide bonds. The van der Waals surface area contributed by atoms with Crippen molar-refractivity contribution in [2.75, 3.05) is 25.1 Å². The fourth-order valence-electron chi connectivity index (χ4n) is 2.29. The highest BCUT2D eigenvalue weighted by Crippen LogP contribution is 2.36. The zero-order valence-corrected chi connectivity index (χ0v) is 11.4. The van der Waals surface area contributed by atoms with Crippen molar-refractivity contribution in [1.82, 2.24) is 4.98 Å². The van der Waals surface area contributed by atoms with Gasteiger partial charge >= 0.3 is 0 Å². The lowest BCUT2D eigenvalue weighted by Gasteiger charge is -2.20. The summed E-state index contributed by atoms with van der Waals surface area (Å²) in [6.07, 6.45) is 2.59. The number of benzene rings is 1. The molecule has 0 bridgehead atoms. The first-order valence-electron chi connectivity index (χ1n) is 6.87. The summed E-state index contributed by atoms with van der Waals surface area (Å²) in [6, 6.07) is 5.86. The van der Waals surface area contributed by atoms with Crippen molar-refractivity contribution in [3.8, 4) is 11.5 Å². The zero-order valence-electron chi connectivity index (χ0n) is 11.4. The maximum absolute atomic E-state index is 9.32. The molecule has 1 aromatic heterocycles. The molecule has 0 radical (unpaired) electrons. The van der Waals surface area contributed by atoms with Crippen LogP contribution in [0, 0.1) is 0 Å². The van der Waals surface area contributed by atoms with Gasteiger partial charge in [-0.3, -0.25) is 0 Å². The molecule has 1 atom stereocenters. The van der Waals surface area contributed by atoms with E-state index in [1.165, 1.54) is 0 Å². The Morgan fingerprint density at radius 3 is 2.75 bits per heavy atom. The van der Waals surface area contributed by atoms with Gasteiger partial charge < -0.3 is 19.9 Å². The Kier molecular flexibility index (Phi) is 3.60. The highest BCUT2D eigenvalue weighted by Gasteiger charge is 2.15. The van der Waals surface area contributed by atoms with E-state index >= 15 is 0 Å². The van der Waals surface area contributed by atoms with Crippen LogP contribution < -0.4 is 14.8 Å². The molecule has 5 heteroatoms. The SMILES string of the molecule is CCC(CO)Nc1nccc2cc3c(cc12)OCCO3. The van der Waals surface area contributed by atoms with Crippen LogP contribution in [0.4, 0.5) is 5.82 Å². The molecule has 5 nitrogen and oxygen atoms in total. The van der Waals surface area contributed by atoms with Crippen LogP contribution in [0.15, 0.2) is 24.4 Å². The molecule has 20 heavy (non-hydrogen) atoms. The van der Waals surface area contributed by atoms with Gasteiger partial charge in [0.1, 0.15) is 19.0 Å². The molecular formula is C15H18N2O3. The van der Waals surface area contributed by atoms with E-state index in [-0.39, 0.29) is 12.6 Å². The van der Waals surface area contributed by atoms with E-state index < -0.39 is 0 Å². The molecule has 1 aliphatic heterocycles. The van der Waals surface area contributed by atoms with Crippen LogP contribution in [-0.2, 0) is 0 Å². The second-order valence-electron chi connectivity index (χ2n) is 4.81. The summed E-state index contributed by atoms with van der Waals surface area (Å²) < 4.78 is 11.2. The van der Waals surface area contributed by atoms with E-state index in [0.29, 0.717) is 13.2 Å². The second kappa shape index (κ2) is 5.54. The van der Waals surface area contributed by atoms with E-state index in [1.807, 2.05) is 25.1 Å². The molecule has 3 rings (SSSR count). The van der Waals surface area contributed by atoms with E-state index in [2.05, 4.69) is 10.3 Å². The van der Waals surface area contributed by atoms with Crippen molar-refractivity contribution in [2.45, 2.75) is 19.4 Å². The second-order valence-corrected chi connectivity index (χ2v) is 4.81. The normalized spacial score (nSPS) is 15.1. The Labute approximate surface area is 117 Å². The lowest BCUT2D eigenvalue weighted by molar-refractivity contribution is 0.172. The van der Waals surface area contributed by atoms with Crippen molar-refractivity contribution in [3.63, 3.8) is 0 Å². The minimum atomic E-state index is 0.00120. The number of pyridine rings is 1. The molecule has 2 N–H and O–H groups in total. The lowest BCUT2D eigenvalue weighted by atomic mass is 10.1. The van der Waals surface area contributed by atoms with Crippen molar-refractivity contribution < 1.29 is 14.6 Å². The monoisotopic (exact) mass is 274 g/mol. The van der Waals surface area contributed by atoms with Crippen molar-refractivity contribution in [3.05, 3.63) is 24.4 Å². The number of rotatable bonds is 4. The average Bonchev–Trinajstić information content (AvgIpc) is 2.50. The van der Waals surface area contributed by atoms with Gasteiger partial charge in [-0.15, -0.1) is 0 Å². The van der Waals surface area contributed by atoms with Gasteiger partial charge in [-0.05, 0) is 30.0 Å². The van der Waals surface area contributed by atoms with Gasteiger partial charge in [-0.2, -0.15) is 0 Å². The van der Waals surface area contributed by atoms with E-state index in [9.17, 15) is 5.11 Å². The predicted octanol–water partition coefficient (Wildman–Crippen LogP) is 2.19. The molecule has 0 saturated carbocycles. The van der Waals surface area contributed by atoms with Crippen LogP contribution in [0.5, 0.6) is 11.5 Å². The summed E-state index contributed by atoms with van der Waals surface area (Å²) in [5, 5.41) is 14.6. The molecule has 1 aromatic carbocycles. The molecule has 0 saturated heterocycles. The summed E-state index contributed by atoms with van der Waals surface area (Å²) in [6.45, 7) is 3.25. The Morgan fingerprint density at radius 2 is 2.05 bits per heavy atom. The molecule has 2 heterocycles. The predicted molar refractivity (Wildman–Crippen MR) is 77.5 cm³/mol. The van der Waals surface area contributed by atoms with Gasteiger partial charge in [0.05, 0.1) is 12.6 Å². The van der Waals surface area contributed by atoms with E-state index in [0.717, 1.165) is 34.5 Å². The Hall–Kier alpha value is -2.01. The lowest BCUT2D eigenvalue weighted by Crippen LogP contribution is -2.23. The Balaban J connectivity index is 2.04. The molecule has 1 unspecified atom stereocenters. The maximum Gasteiger partial charge on any atom is 0.162 e. The molecule has 2 aromatic rings. The topological polar surface area (TPSA) is 63.6 Å². The molecule has 0 spiro atoms. The number of aromatic nitrogens is 1. The smallest absolute Gasteiger partial charge is 0.162 e. The first kappa shape index (κ1) is 13.0. The summed E-state index contributed by atoms with van der Waals surface area (Å²) in [5.41, 5.74) is 0. The number of nitrogens with one attached hydrogen (secondary N) is 1. The molecular weight excluding hydrogens is 256 g/mol.